The quantitative estimate of drug-likeness (QED) is 0.573. The first-order valence-corrected chi connectivity index (χ1v) is 7.65. The molecule has 0 unspecified atom stereocenters. The lowest BCUT2D eigenvalue weighted by Gasteiger charge is -2.33. The van der Waals surface area contributed by atoms with Crippen LogP contribution in [0.3, 0.4) is 0 Å². The summed E-state index contributed by atoms with van der Waals surface area (Å²) in [5.41, 5.74) is 0. The van der Waals surface area contributed by atoms with Crippen LogP contribution in [-0.2, 0) is 20.5 Å². The van der Waals surface area contributed by atoms with Crippen molar-refractivity contribution >= 4 is 28.6 Å². The molecule has 3 atom stereocenters. The summed E-state index contributed by atoms with van der Waals surface area (Å²) < 4.78 is 19.0. The number of nitrogens with one attached hydrogen (secondary N) is 1. The molecule has 19 heavy (non-hydrogen) atoms. The van der Waals surface area contributed by atoms with E-state index < -0.39 is 38.7 Å². The highest BCUT2D eigenvalue weighted by atomic mass is 35.5. The van der Waals surface area contributed by atoms with Crippen LogP contribution in [0.1, 0.15) is 41.5 Å². The van der Waals surface area contributed by atoms with Crippen molar-refractivity contribution in [1.29, 1.82) is 0 Å². The van der Waals surface area contributed by atoms with Gasteiger partial charge in [-0.15, -0.1) is 11.6 Å². The van der Waals surface area contributed by atoms with Crippen LogP contribution >= 0.6 is 11.6 Å². The first-order valence-electron chi connectivity index (χ1n) is 6.13. The highest BCUT2D eigenvalue weighted by Crippen LogP contribution is 2.23. The van der Waals surface area contributed by atoms with Gasteiger partial charge in [0.2, 0.25) is 0 Å². The number of esters is 1. The molecule has 0 bridgehead atoms. The van der Waals surface area contributed by atoms with Crippen LogP contribution < -0.4 is 4.72 Å². The van der Waals surface area contributed by atoms with Gasteiger partial charge in [0.15, 0.2) is 6.10 Å². The third-order valence-electron chi connectivity index (χ3n) is 2.37. The van der Waals surface area contributed by atoms with E-state index >= 15 is 0 Å². The van der Waals surface area contributed by atoms with Crippen LogP contribution in [0.4, 0.5) is 0 Å². The summed E-state index contributed by atoms with van der Waals surface area (Å²) >= 11 is 6.17. The molecule has 0 saturated carbocycles. The Kier molecular flexibility index (Phi) is 6.95. The highest BCUT2D eigenvalue weighted by molar-refractivity contribution is 7.84. The topological polar surface area (TPSA) is 75.6 Å². The van der Waals surface area contributed by atoms with Crippen LogP contribution in [-0.4, -0.2) is 43.7 Å². The molecule has 114 valence electrons. The molecule has 0 amide bonds. The number of halogens is 1. The number of carbonyl (C=O) groups is 1. The fourth-order valence-electron chi connectivity index (χ4n) is 1.24. The van der Waals surface area contributed by atoms with Gasteiger partial charge in [-0.05, 0) is 41.5 Å². The molecule has 2 N–H and O–H groups in total. The van der Waals surface area contributed by atoms with Gasteiger partial charge in [-0.2, -0.15) is 0 Å². The second-order valence-corrected chi connectivity index (χ2v) is 8.71. The van der Waals surface area contributed by atoms with Crippen molar-refractivity contribution in [2.24, 2.45) is 0 Å². The van der Waals surface area contributed by atoms with Crippen molar-refractivity contribution in [3.8, 4) is 0 Å². The molecule has 0 aliphatic heterocycles. The van der Waals surface area contributed by atoms with Gasteiger partial charge in [-0.25, -0.2) is 13.7 Å². The molecule has 7 heteroatoms. The van der Waals surface area contributed by atoms with Crippen LogP contribution in [0.25, 0.3) is 0 Å². The maximum absolute atomic E-state index is 12.1. The molecule has 0 aromatic heterocycles. The van der Waals surface area contributed by atoms with Crippen molar-refractivity contribution in [2.75, 3.05) is 6.61 Å². The zero-order chi connectivity index (χ0) is 15.4. The van der Waals surface area contributed by atoms with Gasteiger partial charge in [0.05, 0.1) is 33.3 Å². The number of hydrogen-bond acceptors (Lipinski definition) is 4. The number of rotatable bonds is 6. The third-order valence-corrected chi connectivity index (χ3v) is 4.19. The molecule has 0 aliphatic rings. The minimum absolute atomic E-state index is 0.160. The minimum atomic E-state index is -1.47. The van der Waals surface area contributed by atoms with E-state index in [2.05, 4.69) is 4.72 Å². The molecule has 0 aromatic carbocycles. The van der Waals surface area contributed by atoms with E-state index in [9.17, 15) is 14.1 Å². The fourth-order valence-corrected chi connectivity index (χ4v) is 2.48. The Balaban J connectivity index is 5.05. The van der Waals surface area contributed by atoms with Gasteiger partial charge in [-0.3, -0.25) is 0 Å². The summed E-state index contributed by atoms with van der Waals surface area (Å²) in [7, 11) is -1.46. The van der Waals surface area contributed by atoms with Crippen molar-refractivity contribution in [2.45, 2.75) is 63.3 Å². The van der Waals surface area contributed by atoms with Crippen LogP contribution in [0.2, 0.25) is 0 Å². The van der Waals surface area contributed by atoms with Crippen molar-refractivity contribution < 1.29 is 18.8 Å². The predicted molar refractivity (Wildman–Crippen MR) is 77.4 cm³/mol. The van der Waals surface area contributed by atoms with Crippen LogP contribution in [0, 0.1) is 0 Å². The predicted octanol–water partition coefficient (Wildman–Crippen LogP) is 1.35. The number of carbonyl (C=O) groups excluding carboxylic acids is 1. The van der Waals surface area contributed by atoms with Crippen molar-refractivity contribution in [3.05, 3.63) is 0 Å². The van der Waals surface area contributed by atoms with Gasteiger partial charge >= 0.3 is 5.97 Å². The summed E-state index contributed by atoms with van der Waals surface area (Å²) in [5, 5.41) is 10.0. The first-order chi connectivity index (χ1) is 8.41. The fraction of sp³-hybridized carbons (Fsp3) is 0.917. The van der Waals surface area contributed by atoms with E-state index in [1.54, 1.807) is 41.5 Å². The van der Waals surface area contributed by atoms with E-state index in [1.165, 1.54) is 0 Å². The number of aliphatic hydroxyl groups excluding tert-OH is 1. The van der Waals surface area contributed by atoms with Crippen molar-refractivity contribution in [1.82, 2.24) is 4.72 Å². The minimum Gasteiger partial charge on any atom is -0.464 e. The zero-order valence-corrected chi connectivity index (χ0v) is 13.9. The van der Waals surface area contributed by atoms with Crippen LogP contribution in [0.5, 0.6) is 0 Å². The van der Waals surface area contributed by atoms with E-state index in [0.29, 0.717) is 0 Å². The lowest BCUT2D eigenvalue weighted by molar-refractivity contribution is -0.154. The molecule has 0 saturated heterocycles. The summed E-state index contributed by atoms with van der Waals surface area (Å²) in [6.07, 6.45) is -1.47. The summed E-state index contributed by atoms with van der Waals surface area (Å²) in [5.74, 6) is -0.778. The Hall–Kier alpha value is -0.170. The molecule has 0 heterocycles. The number of ether oxygens (including phenoxy) is 1. The SMILES string of the molecule is CCOC(=O)[C@H](O)[C@@H](N[S@](=O)C(C)(C)C)C(C)(C)Cl. The summed E-state index contributed by atoms with van der Waals surface area (Å²) in [6, 6.07) is -0.881. The van der Waals surface area contributed by atoms with E-state index in [4.69, 9.17) is 16.3 Å². The van der Waals surface area contributed by atoms with E-state index in [1.807, 2.05) is 0 Å². The highest BCUT2D eigenvalue weighted by Gasteiger charge is 2.40. The standard InChI is InChI=1S/C12H24ClNO4S/c1-7-18-10(16)8(15)9(12(5,6)13)14-19(17)11(2,3)4/h8-9,14-15H,7H2,1-6H3/t8-,9-,19-/m1/s1. The number of hydrogen-bond donors (Lipinski definition) is 2. The molecule has 0 spiro atoms. The van der Waals surface area contributed by atoms with Crippen LogP contribution in [0.15, 0.2) is 0 Å². The molecule has 0 radical (unpaired) electrons. The summed E-state index contributed by atoms with van der Waals surface area (Å²) in [6.45, 7) is 10.4. The number of alkyl halides is 1. The first kappa shape index (κ1) is 18.8. The van der Waals surface area contributed by atoms with E-state index in [0.717, 1.165) is 0 Å². The Labute approximate surface area is 122 Å². The van der Waals surface area contributed by atoms with Gasteiger partial charge < -0.3 is 9.84 Å². The molecular weight excluding hydrogens is 290 g/mol. The lowest BCUT2D eigenvalue weighted by Crippen LogP contribution is -2.57. The maximum Gasteiger partial charge on any atom is 0.336 e. The molecule has 0 rings (SSSR count). The number of aliphatic hydroxyl groups is 1. The van der Waals surface area contributed by atoms with Gasteiger partial charge in [0.1, 0.15) is 0 Å². The van der Waals surface area contributed by atoms with Crippen molar-refractivity contribution in [3.63, 3.8) is 0 Å². The average molecular weight is 314 g/mol. The Morgan fingerprint density at radius 2 is 1.84 bits per heavy atom. The molecule has 0 fully saturated rings. The van der Waals surface area contributed by atoms with Gasteiger partial charge in [0, 0.05) is 0 Å². The molecule has 5 nitrogen and oxygen atoms in total. The molecular formula is C12H24ClNO4S. The van der Waals surface area contributed by atoms with E-state index in [-0.39, 0.29) is 6.61 Å². The Bertz CT molecular complexity index is 336. The second-order valence-electron chi connectivity index (χ2n) is 5.74. The smallest absolute Gasteiger partial charge is 0.336 e. The zero-order valence-electron chi connectivity index (χ0n) is 12.3. The monoisotopic (exact) mass is 313 g/mol. The normalized spacial score (nSPS) is 17.7. The molecule has 0 aliphatic carbocycles. The lowest BCUT2D eigenvalue weighted by atomic mass is 9.99. The van der Waals surface area contributed by atoms with Gasteiger partial charge in [0.25, 0.3) is 0 Å². The largest absolute Gasteiger partial charge is 0.464 e. The van der Waals surface area contributed by atoms with Gasteiger partial charge in [-0.1, -0.05) is 0 Å². The maximum atomic E-state index is 12.1. The summed E-state index contributed by atoms with van der Waals surface area (Å²) in [4.78, 5) is 10.6. The third kappa shape index (κ3) is 6.21. The Morgan fingerprint density at radius 1 is 1.37 bits per heavy atom. The average Bonchev–Trinajstić information content (AvgIpc) is 2.21. The molecule has 0 aromatic rings. The second kappa shape index (κ2) is 7.02. The Morgan fingerprint density at radius 3 is 2.16 bits per heavy atom.